The van der Waals surface area contributed by atoms with Crippen molar-refractivity contribution < 1.29 is 4.79 Å². The summed E-state index contributed by atoms with van der Waals surface area (Å²) in [7, 11) is 1.86. The topological polar surface area (TPSA) is 51.0 Å². The minimum Gasteiger partial charge on any atom is -0.342 e. The van der Waals surface area contributed by atoms with Gasteiger partial charge < -0.3 is 4.90 Å². The Morgan fingerprint density at radius 1 is 1.35 bits per heavy atom. The van der Waals surface area contributed by atoms with E-state index in [-0.39, 0.29) is 5.91 Å². The number of amides is 1. The highest BCUT2D eigenvalue weighted by Gasteiger charge is 2.21. The van der Waals surface area contributed by atoms with Gasteiger partial charge in [0.1, 0.15) is 0 Å². The monoisotopic (exact) mass is 314 g/mol. The van der Waals surface area contributed by atoms with Gasteiger partial charge in [-0.2, -0.15) is 5.10 Å². The molecule has 0 N–H and O–H groups in total. The summed E-state index contributed by atoms with van der Waals surface area (Å²) in [6.07, 6.45) is 9.44. The van der Waals surface area contributed by atoms with Crippen molar-refractivity contribution in [2.45, 2.75) is 52.0 Å². The van der Waals surface area contributed by atoms with E-state index in [1.54, 1.807) is 11.1 Å². The lowest BCUT2D eigenvalue weighted by Gasteiger charge is -2.18. The van der Waals surface area contributed by atoms with Gasteiger partial charge in [-0.15, -0.1) is 0 Å². The summed E-state index contributed by atoms with van der Waals surface area (Å²) in [4.78, 5) is 18.8. The number of aromatic nitrogens is 3. The SMILES string of the molecule is CC(C)CCN(C)C(=O)c1cnc2c(cnn2C2CCCC2)c1. The normalized spacial score (nSPS) is 15.7. The second-order valence-electron chi connectivity index (χ2n) is 7.07. The predicted molar refractivity (Wildman–Crippen MR) is 91.4 cm³/mol. The van der Waals surface area contributed by atoms with Gasteiger partial charge in [0.25, 0.3) is 5.91 Å². The van der Waals surface area contributed by atoms with Crippen molar-refractivity contribution in [2.75, 3.05) is 13.6 Å². The zero-order valence-electron chi connectivity index (χ0n) is 14.3. The first-order valence-corrected chi connectivity index (χ1v) is 8.65. The van der Waals surface area contributed by atoms with Gasteiger partial charge in [0, 0.05) is 25.2 Å². The van der Waals surface area contributed by atoms with Gasteiger partial charge in [0.2, 0.25) is 0 Å². The van der Waals surface area contributed by atoms with Gasteiger partial charge in [0.05, 0.1) is 17.8 Å². The molecule has 0 aromatic carbocycles. The molecule has 1 fully saturated rings. The van der Waals surface area contributed by atoms with Crippen molar-refractivity contribution in [1.82, 2.24) is 19.7 Å². The third-order valence-electron chi connectivity index (χ3n) is 4.74. The van der Waals surface area contributed by atoms with E-state index >= 15 is 0 Å². The lowest BCUT2D eigenvalue weighted by Crippen LogP contribution is -2.28. The van der Waals surface area contributed by atoms with Crippen molar-refractivity contribution in [1.29, 1.82) is 0 Å². The number of carbonyl (C=O) groups excluding carboxylic acids is 1. The Morgan fingerprint density at radius 3 is 2.78 bits per heavy atom. The smallest absolute Gasteiger partial charge is 0.255 e. The molecular formula is C18H26N4O. The number of nitrogens with zero attached hydrogens (tertiary/aromatic N) is 4. The maximum Gasteiger partial charge on any atom is 0.255 e. The predicted octanol–water partition coefficient (Wildman–Crippen LogP) is 3.66. The van der Waals surface area contributed by atoms with Crippen molar-refractivity contribution in [3.05, 3.63) is 24.0 Å². The van der Waals surface area contributed by atoms with Crippen molar-refractivity contribution >= 4 is 16.9 Å². The molecule has 23 heavy (non-hydrogen) atoms. The molecule has 124 valence electrons. The molecular weight excluding hydrogens is 288 g/mol. The number of fused-ring (bicyclic) bond motifs is 1. The van der Waals surface area contributed by atoms with Crippen LogP contribution < -0.4 is 0 Å². The standard InChI is InChI=1S/C18H26N4O/c1-13(2)8-9-21(3)18(23)15-10-14-12-20-22(17(14)19-11-15)16-6-4-5-7-16/h10-13,16H,4-9H2,1-3H3. The molecule has 0 saturated heterocycles. The van der Waals surface area contributed by atoms with Crippen molar-refractivity contribution in [3.8, 4) is 0 Å². The molecule has 5 nitrogen and oxygen atoms in total. The molecule has 0 atom stereocenters. The minimum atomic E-state index is 0.0358. The first-order valence-electron chi connectivity index (χ1n) is 8.65. The van der Waals surface area contributed by atoms with Crippen LogP contribution in [0.15, 0.2) is 18.5 Å². The largest absolute Gasteiger partial charge is 0.342 e. The third kappa shape index (κ3) is 3.38. The highest BCUT2D eigenvalue weighted by molar-refractivity contribution is 5.96. The van der Waals surface area contributed by atoms with Crippen LogP contribution in [-0.2, 0) is 0 Å². The molecule has 2 aromatic heterocycles. The highest BCUT2D eigenvalue weighted by atomic mass is 16.2. The van der Waals surface area contributed by atoms with Gasteiger partial charge in [-0.3, -0.25) is 4.79 Å². The first-order chi connectivity index (χ1) is 11.1. The van der Waals surface area contributed by atoms with E-state index < -0.39 is 0 Å². The van der Waals surface area contributed by atoms with Crippen LogP contribution in [0.3, 0.4) is 0 Å². The highest BCUT2D eigenvalue weighted by Crippen LogP contribution is 2.31. The fourth-order valence-electron chi connectivity index (χ4n) is 3.25. The van der Waals surface area contributed by atoms with E-state index in [9.17, 15) is 4.79 Å². The lowest BCUT2D eigenvalue weighted by atomic mass is 10.1. The van der Waals surface area contributed by atoms with E-state index in [1.165, 1.54) is 25.7 Å². The minimum absolute atomic E-state index is 0.0358. The molecule has 0 unspecified atom stereocenters. The molecule has 1 saturated carbocycles. The lowest BCUT2D eigenvalue weighted by molar-refractivity contribution is 0.0789. The Kier molecular flexibility index (Phi) is 4.64. The van der Waals surface area contributed by atoms with E-state index in [1.807, 2.05) is 24.0 Å². The van der Waals surface area contributed by atoms with Gasteiger partial charge in [-0.25, -0.2) is 9.67 Å². The quantitative estimate of drug-likeness (QED) is 0.846. The number of pyridine rings is 1. The molecule has 0 spiro atoms. The van der Waals surface area contributed by atoms with Crippen LogP contribution in [0.4, 0.5) is 0 Å². The zero-order chi connectivity index (χ0) is 16.4. The molecule has 1 aliphatic rings. The van der Waals surface area contributed by atoms with Crippen LogP contribution in [-0.4, -0.2) is 39.2 Å². The average molecular weight is 314 g/mol. The summed E-state index contributed by atoms with van der Waals surface area (Å²) >= 11 is 0. The third-order valence-corrected chi connectivity index (χ3v) is 4.74. The number of rotatable bonds is 5. The fraction of sp³-hybridized carbons (Fsp3) is 0.611. The Bertz CT molecular complexity index is 685. The van der Waals surface area contributed by atoms with Crippen molar-refractivity contribution in [3.63, 3.8) is 0 Å². The Hall–Kier alpha value is -1.91. The van der Waals surface area contributed by atoms with E-state index in [4.69, 9.17) is 0 Å². The first kappa shape index (κ1) is 16.0. The zero-order valence-corrected chi connectivity index (χ0v) is 14.3. The summed E-state index contributed by atoms with van der Waals surface area (Å²) in [5, 5.41) is 5.47. The molecule has 1 amide bonds. The molecule has 5 heteroatoms. The van der Waals surface area contributed by atoms with Gasteiger partial charge in [-0.05, 0) is 31.2 Å². The van der Waals surface area contributed by atoms with Crippen LogP contribution in [0, 0.1) is 5.92 Å². The molecule has 1 aliphatic carbocycles. The molecule has 0 bridgehead atoms. The van der Waals surface area contributed by atoms with Crippen molar-refractivity contribution in [2.24, 2.45) is 5.92 Å². The van der Waals surface area contributed by atoms with Gasteiger partial charge >= 0.3 is 0 Å². The Labute approximate surface area is 137 Å². The van der Waals surface area contributed by atoms with Crippen LogP contribution in [0.25, 0.3) is 11.0 Å². The van der Waals surface area contributed by atoms with Gasteiger partial charge in [-0.1, -0.05) is 26.7 Å². The summed E-state index contributed by atoms with van der Waals surface area (Å²) in [6, 6.07) is 2.39. The number of hydrogen-bond acceptors (Lipinski definition) is 3. The number of carbonyl (C=O) groups is 1. The maximum absolute atomic E-state index is 12.5. The van der Waals surface area contributed by atoms with Crippen LogP contribution >= 0.6 is 0 Å². The second kappa shape index (κ2) is 6.69. The van der Waals surface area contributed by atoms with Crippen LogP contribution in [0.5, 0.6) is 0 Å². The second-order valence-corrected chi connectivity index (χ2v) is 7.07. The Morgan fingerprint density at radius 2 is 2.09 bits per heavy atom. The average Bonchev–Trinajstić information content (AvgIpc) is 3.19. The fourth-order valence-corrected chi connectivity index (χ4v) is 3.25. The van der Waals surface area contributed by atoms with E-state index in [0.29, 0.717) is 17.5 Å². The summed E-state index contributed by atoms with van der Waals surface area (Å²) < 4.78 is 2.04. The molecule has 0 radical (unpaired) electrons. The van der Waals surface area contributed by atoms with Crippen LogP contribution in [0.1, 0.15) is 62.4 Å². The summed E-state index contributed by atoms with van der Waals surface area (Å²) in [5.41, 5.74) is 1.55. The molecule has 2 heterocycles. The number of hydrogen-bond donors (Lipinski definition) is 0. The van der Waals surface area contributed by atoms with Gasteiger partial charge in [0.15, 0.2) is 5.65 Å². The summed E-state index contributed by atoms with van der Waals surface area (Å²) in [5.74, 6) is 0.629. The maximum atomic E-state index is 12.5. The van der Waals surface area contributed by atoms with E-state index in [2.05, 4.69) is 23.9 Å². The van der Waals surface area contributed by atoms with Crippen LogP contribution in [0.2, 0.25) is 0 Å². The Balaban J connectivity index is 1.79. The summed E-state index contributed by atoms with van der Waals surface area (Å²) in [6.45, 7) is 5.11. The molecule has 0 aliphatic heterocycles. The molecule has 3 rings (SSSR count). The molecule has 2 aromatic rings. The van der Waals surface area contributed by atoms with E-state index in [0.717, 1.165) is 24.0 Å².